The summed E-state index contributed by atoms with van der Waals surface area (Å²) in [6, 6.07) is 0. The first-order chi connectivity index (χ1) is 10.1. The number of amides is 2. The van der Waals surface area contributed by atoms with Gasteiger partial charge in [-0.3, -0.25) is 9.59 Å². The van der Waals surface area contributed by atoms with Crippen molar-refractivity contribution >= 4 is 17.8 Å². The number of imide groups is 1. The van der Waals surface area contributed by atoms with Gasteiger partial charge < -0.3 is 23.8 Å². The van der Waals surface area contributed by atoms with Crippen molar-refractivity contribution in [3.8, 4) is 0 Å². The van der Waals surface area contributed by atoms with Gasteiger partial charge in [0.1, 0.15) is 19.5 Å². The highest BCUT2D eigenvalue weighted by atomic mass is 16.7. The lowest BCUT2D eigenvalue weighted by molar-refractivity contribution is -0.204. The summed E-state index contributed by atoms with van der Waals surface area (Å²) in [5.74, 6) is -2.67. The van der Waals surface area contributed by atoms with Crippen molar-refractivity contribution in [3.05, 3.63) is 0 Å². The topological polar surface area (TPSA) is 101 Å². The molecule has 1 saturated heterocycles. The Morgan fingerprint density at radius 1 is 1.05 bits per heavy atom. The zero-order valence-corrected chi connectivity index (χ0v) is 12.0. The third-order valence-electron chi connectivity index (χ3n) is 2.56. The van der Waals surface area contributed by atoms with Gasteiger partial charge in [0.2, 0.25) is 0 Å². The van der Waals surface area contributed by atoms with E-state index in [4.69, 9.17) is 23.8 Å². The fourth-order valence-electron chi connectivity index (χ4n) is 1.55. The largest absolute Gasteiger partial charge is 0.359 e. The molecule has 120 valence electrons. The van der Waals surface area contributed by atoms with Gasteiger partial charge in [-0.2, -0.15) is 0 Å². The fraction of sp³-hybridized carbons (Fsp3) is 0.750. The first-order valence-corrected chi connectivity index (χ1v) is 6.31. The molecule has 0 aliphatic carbocycles. The molecule has 0 N–H and O–H groups in total. The highest BCUT2D eigenvalue weighted by Crippen LogP contribution is 2.14. The zero-order chi connectivity index (χ0) is 15.7. The van der Waals surface area contributed by atoms with E-state index in [1.54, 1.807) is 0 Å². The van der Waals surface area contributed by atoms with Crippen LogP contribution in [0.2, 0.25) is 0 Å². The number of hydrogen-bond donors (Lipinski definition) is 0. The van der Waals surface area contributed by atoms with Crippen LogP contribution in [0, 0.1) is 5.92 Å². The van der Waals surface area contributed by atoms with Crippen LogP contribution in [0.4, 0.5) is 0 Å². The highest BCUT2D eigenvalue weighted by molar-refractivity contribution is 6.01. The maximum absolute atomic E-state index is 12.0. The van der Waals surface area contributed by atoms with E-state index < -0.39 is 23.7 Å². The van der Waals surface area contributed by atoms with Crippen LogP contribution in [-0.4, -0.2) is 63.9 Å². The van der Waals surface area contributed by atoms with Crippen molar-refractivity contribution in [2.45, 2.75) is 12.8 Å². The first kappa shape index (κ1) is 17.5. The first-order valence-electron chi connectivity index (χ1n) is 6.31. The van der Waals surface area contributed by atoms with Gasteiger partial charge >= 0.3 is 5.97 Å². The quantitative estimate of drug-likeness (QED) is 0.301. The summed E-state index contributed by atoms with van der Waals surface area (Å²) in [7, 11) is 2.88. The van der Waals surface area contributed by atoms with Crippen LogP contribution < -0.4 is 0 Å². The van der Waals surface area contributed by atoms with Gasteiger partial charge in [-0.15, -0.1) is 5.06 Å². The normalized spacial score (nSPS) is 15.1. The minimum absolute atomic E-state index is 0.00433. The molecule has 9 heteroatoms. The van der Waals surface area contributed by atoms with Gasteiger partial charge in [-0.25, -0.2) is 4.79 Å². The SMILES string of the molecule is COCOCC(COCOC)C(=O)ON1C(=O)CCC1=O. The summed E-state index contributed by atoms with van der Waals surface area (Å²) < 4.78 is 19.6. The molecule has 0 saturated carbocycles. The molecule has 0 radical (unpaired) electrons. The monoisotopic (exact) mass is 305 g/mol. The third-order valence-corrected chi connectivity index (χ3v) is 2.56. The molecule has 1 fully saturated rings. The van der Waals surface area contributed by atoms with Gasteiger partial charge in [-0.1, -0.05) is 0 Å². The lowest BCUT2D eigenvalue weighted by Gasteiger charge is -2.19. The molecule has 0 unspecified atom stereocenters. The summed E-state index contributed by atoms with van der Waals surface area (Å²) in [5, 5.41) is 0.488. The van der Waals surface area contributed by atoms with Crippen LogP contribution in [0.1, 0.15) is 12.8 Å². The Labute approximate surface area is 122 Å². The van der Waals surface area contributed by atoms with E-state index in [9.17, 15) is 14.4 Å². The van der Waals surface area contributed by atoms with E-state index >= 15 is 0 Å². The number of rotatable bonds is 10. The molecular formula is C12H19NO8. The average Bonchev–Trinajstić information content (AvgIpc) is 2.77. The molecule has 1 aliphatic heterocycles. The summed E-state index contributed by atoms with van der Waals surface area (Å²) in [5.41, 5.74) is 0. The number of hydroxylamine groups is 2. The molecule has 1 aliphatic rings. The van der Waals surface area contributed by atoms with Crippen LogP contribution in [0.15, 0.2) is 0 Å². The van der Waals surface area contributed by atoms with Gasteiger partial charge in [0, 0.05) is 27.1 Å². The standard InChI is InChI=1S/C12H19NO8/c1-17-7-19-5-9(6-20-8-18-2)12(16)21-13-10(14)3-4-11(13)15/h9H,3-8H2,1-2H3. The third kappa shape index (κ3) is 5.76. The smallest absolute Gasteiger partial charge is 0.340 e. The Morgan fingerprint density at radius 3 is 1.95 bits per heavy atom. The molecule has 0 bridgehead atoms. The zero-order valence-electron chi connectivity index (χ0n) is 12.0. The molecule has 1 heterocycles. The summed E-state index contributed by atoms with van der Waals surface area (Å²) in [4.78, 5) is 39.6. The Balaban J connectivity index is 2.51. The van der Waals surface area contributed by atoms with Crippen LogP contribution in [0.25, 0.3) is 0 Å². The van der Waals surface area contributed by atoms with Crippen LogP contribution in [-0.2, 0) is 38.2 Å². The Bertz CT molecular complexity index is 346. The molecule has 0 aromatic heterocycles. The number of carbonyl (C=O) groups excluding carboxylic acids is 3. The van der Waals surface area contributed by atoms with E-state index in [0.717, 1.165) is 0 Å². The van der Waals surface area contributed by atoms with E-state index in [1.165, 1.54) is 14.2 Å². The minimum atomic E-state index is -0.809. The predicted molar refractivity (Wildman–Crippen MR) is 66.3 cm³/mol. The summed E-state index contributed by atoms with van der Waals surface area (Å²) >= 11 is 0. The number of methoxy groups -OCH3 is 2. The van der Waals surface area contributed by atoms with Crippen molar-refractivity contribution in [3.63, 3.8) is 0 Å². The number of hydrogen-bond acceptors (Lipinski definition) is 8. The fourth-order valence-corrected chi connectivity index (χ4v) is 1.55. The van der Waals surface area contributed by atoms with Crippen molar-refractivity contribution in [2.75, 3.05) is 41.0 Å². The van der Waals surface area contributed by atoms with Gasteiger partial charge in [0.25, 0.3) is 11.8 Å². The Hall–Kier alpha value is -1.55. The number of ether oxygens (including phenoxy) is 4. The lowest BCUT2D eigenvalue weighted by atomic mass is 10.2. The van der Waals surface area contributed by atoms with Gasteiger partial charge in [0.05, 0.1) is 13.2 Å². The number of carbonyl (C=O) groups is 3. The molecule has 1 rings (SSSR count). The molecule has 0 aromatic rings. The lowest BCUT2D eigenvalue weighted by Crippen LogP contribution is -2.37. The number of nitrogens with zero attached hydrogens (tertiary/aromatic N) is 1. The Morgan fingerprint density at radius 2 is 1.52 bits per heavy atom. The van der Waals surface area contributed by atoms with Gasteiger partial charge in [-0.05, 0) is 0 Å². The van der Waals surface area contributed by atoms with Crippen molar-refractivity contribution < 1.29 is 38.2 Å². The molecule has 0 aromatic carbocycles. The van der Waals surface area contributed by atoms with Gasteiger partial charge in [0.15, 0.2) is 0 Å². The average molecular weight is 305 g/mol. The molecular weight excluding hydrogens is 286 g/mol. The Kier molecular flexibility index (Phi) is 7.83. The molecule has 21 heavy (non-hydrogen) atoms. The van der Waals surface area contributed by atoms with E-state index in [0.29, 0.717) is 5.06 Å². The second-order valence-corrected chi connectivity index (χ2v) is 4.24. The van der Waals surface area contributed by atoms with Crippen LogP contribution >= 0.6 is 0 Å². The second kappa shape index (κ2) is 9.40. The summed E-state index contributed by atoms with van der Waals surface area (Å²) in [6.45, 7) is -0.0789. The van der Waals surface area contributed by atoms with Crippen molar-refractivity contribution in [2.24, 2.45) is 5.92 Å². The van der Waals surface area contributed by atoms with E-state index in [1.807, 2.05) is 0 Å². The predicted octanol–water partition coefficient (Wildman–Crippen LogP) is -0.549. The molecule has 2 amide bonds. The highest BCUT2D eigenvalue weighted by Gasteiger charge is 2.35. The van der Waals surface area contributed by atoms with Crippen molar-refractivity contribution in [1.29, 1.82) is 0 Å². The minimum Gasteiger partial charge on any atom is -0.359 e. The summed E-state index contributed by atoms with van der Waals surface area (Å²) in [6.07, 6.45) is 0.0776. The maximum Gasteiger partial charge on any atom is 0.340 e. The van der Waals surface area contributed by atoms with Crippen LogP contribution in [0.5, 0.6) is 0 Å². The molecule has 0 spiro atoms. The van der Waals surface area contributed by atoms with Crippen molar-refractivity contribution in [1.82, 2.24) is 5.06 Å². The van der Waals surface area contributed by atoms with Crippen LogP contribution in [0.3, 0.4) is 0 Å². The molecule has 9 nitrogen and oxygen atoms in total. The van der Waals surface area contributed by atoms with E-state index in [-0.39, 0.29) is 39.6 Å². The second-order valence-electron chi connectivity index (χ2n) is 4.24. The van der Waals surface area contributed by atoms with E-state index in [2.05, 4.69) is 0 Å². The molecule has 0 atom stereocenters. The maximum atomic E-state index is 12.0.